The number of furan rings is 1. The van der Waals surface area contributed by atoms with E-state index >= 15 is 0 Å². The molecule has 2 aromatic rings. The van der Waals surface area contributed by atoms with Gasteiger partial charge in [0.15, 0.2) is 5.76 Å². The van der Waals surface area contributed by atoms with Gasteiger partial charge in [-0.1, -0.05) is 5.16 Å². The van der Waals surface area contributed by atoms with Crippen molar-refractivity contribution in [1.82, 2.24) is 10.1 Å². The molecule has 1 aliphatic rings. The van der Waals surface area contributed by atoms with Crippen LogP contribution in [0.1, 0.15) is 24.3 Å². The zero-order valence-electron chi connectivity index (χ0n) is 10.2. The normalized spacial score (nSPS) is 19.0. The van der Waals surface area contributed by atoms with E-state index in [2.05, 4.69) is 10.1 Å². The Morgan fingerprint density at radius 2 is 2.11 bits per heavy atom. The summed E-state index contributed by atoms with van der Waals surface area (Å²) in [5, 5.41) is 3.94. The highest BCUT2D eigenvalue weighted by molar-refractivity contribution is 5.51. The van der Waals surface area contributed by atoms with Crippen molar-refractivity contribution in [2.45, 2.75) is 25.3 Å². The second kappa shape index (κ2) is 4.22. The first kappa shape index (κ1) is 11.4. The summed E-state index contributed by atoms with van der Waals surface area (Å²) in [5.74, 6) is 1.53. The van der Waals surface area contributed by atoms with Gasteiger partial charge in [0, 0.05) is 13.2 Å². The third-order valence-electron chi connectivity index (χ3n) is 3.30. The van der Waals surface area contributed by atoms with E-state index in [0.29, 0.717) is 43.5 Å². The number of nitrogens with zero attached hydrogens (tertiary/aromatic N) is 2. The highest BCUT2D eigenvalue weighted by Crippen LogP contribution is 2.30. The maximum absolute atomic E-state index is 6.28. The van der Waals surface area contributed by atoms with E-state index < -0.39 is 5.54 Å². The fourth-order valence-corrected chi connectivity index (χ4v) is 2.07. The van der Waals surface area contributed by atoms with Crippen molar-refractivity contribution < 1.29 is 13.7 Å². The summed E-state index contributed by atoms with van der Waals surface area (Å²) in [6.07, 6.45) is 2.98. The maximum Gasteiger partial charge on any atom is 0.247 e. The molecule has 0 aliphatic carbocycles. The van der Waals surface area contributed by atoms with E-state index in [9.17, 15) is 0 Å². The van der Waals surface area contributed by atoms with Crippen molar-refractivity contribution in [3.8, 4) is 11.6 Å². The lowest BCUT2D eigenvalue weighted by atomic mass is 9.91. The van der Waals surface area contributed by atoms with E-state index in [4.69, 9.17) is 19.4 Å². The van der Waals surface area contributed by atoms with Gasteiger partial charge in [-0.05, 0) is 31.4 Å². The predicted molar refractivity (Wildman–Crippen MR) is 62.7 cm³/mol. The van der Waals surface area contributed by atoms with Crippen LogP contribution < -0.4 is 5.73 Å². The molecule has 18 heavy (non-hydrogen) atoms. The van der Waals surface area contributed by atoms with Crippen LogP contribution in [0.3, 0.4) is 0 Å². The molecule has 0 spiro atoms. The van der Waals surface area contributed by atoms with E-state index in [1.54, 1.807) is 6.26 Å². The molecule has 96 valence electrons. The molecular formula is C12H15N3O3. The van der Waals surface area contributed by atoms with Gasteiger partial charge in [-0.15, -0.1) is 0 Å². The molecule has 6 nitrogen and oxygen atoms in total. The largest absolute Gasteiger partial charge is 0.461 e. The molecule has 6 heteroatoms. The third kappa shape index (κ3) is 1.83. The summed E-state index contributed by atoms with van der Waals surface area (Å²) in [6.45, 7) is 3.17. The molecule has 1 fully saturated rings. The minimum atomic E-state index is -0.579. The van der Waals surface area contributed by atoms with Gasteiger partial charge >= 0.3 is 0 Å². The first-order valence-corrected chi connectivity index (χ1v) is 5.94. The molecular weight excluding hydrogens is 234 g/mol. The lowest BCUT2D eigenvalue weighted by Gasteiger charge is -2.29. The van der Waals surface area contributed by atoms with Crippen molar-refractivity contribution in [2.24, 2.45) is 5.73 Å². The molecule has 1 saturated heterocycles. The summed E-state index contributed by atoms with van der Waals surface area (Å²) < 4.78 is 15.9. The fourth-order valence-electron chi connectivity index (χ4n) is 2.07. The zero-order chi connectivity index (χ0) is 12.6. The van der Waals surface area contributed by atoms with Crippen LogP contribution in [0.15, 0.2) is 21.3 Å². The van der Waals surface area contributed by atoms with Crippen molar-refractivity contribution in [3.63, 3.8) is 0 Å². The van der Waals surface area contributed by atoms with Crippen LogP contribution in [0, 0.1) is 6.92 Å². The van der Waals surface area contributed by atoms with E-state index in [-0.39, 0.29) is 0 Å². The average molecular weight is 249 g/mol. The fraction of sp³-hybridized carbons (Fsp3) is 0.500. The summed E-state index contributed by atoms with van der Waals surface area (Å²) in [6, 6.07) is 1.86. The van der Waals surface area contributed by atoms with E-state index in [1.807, 2.05) is 13.0 Å². The maximum atomic E-state index is 6.28. The Kier molecular flexibility index (Phi) is 2.68. The average Bonchev–Trinajstić information content (AvgIpc) is 2.98. The minimum Gasteiger partial charge on any atom is -0.461 e. The molecule has 0 atom stereocenters. The topological polar surface area (TPSA) is 87.3 Å². The molecule has 0 saturated carbocycles. The summed E-state index contributed by atoms with van der Waals surface area (Å²) in [5.41, 5.74) is 6.67. The molecule has 3 rings (SSSR count). The van der Waals surface area contributed by atoms with Gasteiger partial charge in [0.2, 0.25) is 11.7 Å². The van der Waals surface area contributed by atoms with Gasteiger partial charge in [0.1, 0.15) is 5.54 Å². The molecule has 2 N–H and O–H groups in total. The van der Waals surface area contributed by atoms with Crippen LogP contribution in [0.4, 0.5) is 0 Å². The van der Waals surface area contributed by atoms with Gasteiger partial charge in [0.25, 0.3) is 0 Å². The van der Waals surface area contributed by atoms with Crippen LogP contribution in [-0.4, -0.2) is 23.4 Å². The molecule has 0 unspecified atom stereocenters. The lowest BCUT2D eigenvalue weighted by molar-refractivity contribution is 0.0400. The van der Waals surface area contributed by atoms with Gasteiger partial charge in [-0.2, -0.15) is 4.98 Å². The quantitative estimate of drug-likeness (QED) is 0.869. The van der Waals surface area contributed by atoms with Gasteiger partial charge in [0.05, 0.1) is 6.26 Å². The summed E-state index contributed by atoms with van der Waals surface area (Å²) in [4.78, 5) is 4.36. The zero-order valence-corrected chi connectivity index (χ0v) is 10.2. The molecule has 1 aliphatic heterocycles. The Morgan fingerprint density at radius 3 is 2.78 bits per heavy atom. The predicted octanol–water partition coefficient (Wildman–Crippen LogP) is 1.60. The molecule has 0 aromatic carbocycles. The SMILES string of the molecule is Cc1ccoc1-c1noc(C2(N)CCOCC2)n1. The first-order chi connectivity index (χ1) is 8.69. The molecule has 0 amide bonds. The highest BCUT2D eigenvalue weighted by Gasteiger charge is 2.36. The second-order valence-electron chi connectivity index (χ2n) is 4.62. The molecule has 2 aromatic heterocycles. The van der Waals surface area contributed by atoms with Crippen molar-refractivity contribution in [2.75, 3.05) is 13.2 Å². The number of ether oxygens (including phenoxy) is 1. The lowest BCUT2D eigenvalue weighted by Crippen LogP contribution is -2.42. The molecule has 0 radical (unpaired) electrons. The number of rotatable bonds is 2. The van der Waals surface area contributed by atoms with Crippen LogP contribution in [-0.2, 0) is 10.3 Å². The second-order valence-corrected chi connectivity index (χ2v) is 4.62. The Balaban J connectivity index is 1.92. The standard InChI is InChI=1S/C12H15N3O3/c1-8-2-5-17-9(8)10-14-11(18-15-10)12(13)3-6-16-7-4-12/h2,5H,3-4,6-7,13H2,1H3. The Bertz CT molecular complexity index is 540. The minimum absolute atomic E-state index is 0.448. The van der Waals surface area contributed by atoms with Gasteiger partial charge in [-0.25, -0.2) is 0 Å². The monoisotopic (exact) mass is 249 g/mol. The number of aromatic nitrogens is 2. The smallest absolute Gasteiger partial charge is 0.247 e. The third-order valence-corrected chi connectivity index (χ3v) is 3.30. The Labute approximate surface area is 104 Å². The first-order valence-electron chi connectivity index (χ1n) is 5.94. The van der Waals surface area contributed by atoms with Crippen molar-refractivity contribution >= 4 is 0 Å². The number of nitrogens with two attached hydrogens (primary N) is 1. The number of hydrogen-bond acceptors (Lipinski definition) is 6. The number of aryl methyl sites for hydroxylation is 1. The van der Waals surface area contributed by atoms with Crippen molar-refractivity contribution in [3.05, 3.63) is 23.8 Å². The Hall–Kier alpha value is -1.66. The van der Waals surface area contributed by atoms with Crippen LogP contribution in [0.2, 0.25) is 0 Å². The summed E-state index contributed by atoms with van der Waals surface area (Å²) >= 11 is 0. The van der Waals surface area contributed by atoms with Crippen LogP contribution in [0.5, 0.6) is 0 Å². The Morgan fingerprint density at radius 1 is 1.33 bits per heavy atom. The summed E-state index contributed by atoms with van der Waals surface area (Å²) in [7, 11) is 0. The molecule has 0 bridgehead atoms. The van der Waals surface area contributed by atoms with Gasteiger partial charge < -0.3 is 19.4 Å². The van der Waals surface area contributed by atoms with E-state index in [1.165, 1.54) is 0 Å². The van der Waals surface area contributed by atoms with Crippen LogP contribution in [0.25, 0.3) is 11.6 Å². The molecule has 3 heterocycles. The van der Waals surface area contributed by atoms with Crippen LogP contribution >= 0.6 is 0 Å². The van der Waals surface area contributed by atoms with E-state index in [0.717, 1.165) is 5.56 Å². The highest BCUT2D eigenvalue weighted by atomic mass is 16.5. The van der Waals surface area contributed by atoms with Gasteiger partial charge in [-0.3, -0.25) is 0 Å². The number of hydrogen-bond donors (Lipinski definition) is 1. The van der Waals surface area contributed by atoms with Crippen molar-refractivity contribution in [1.29, 1.82) is 0 Å².